The lowest BCUT2D eigenvalue weighted by atomic mass is 10.0. The molecule has 2 atom stereocenters. The predicted octanol–water partition coefficient (Wildman–Crippen LogP) is 3.27. The lowest BCUT2D eigenvalue weighted by Gasteiger charge is -2.33. The monoisotopic (exact) mass is 691 g/mol. The fraction of sp³-hybridized carbons (Fsp3) is 0.438. The molecule has 3 aromatic rings. The Morgan fingerprint density at radius 3 is 2.58 bits per heavy atom. The van der Waals surface area contributed by atoms with Crippen LogP contribution in [0.25, 0.3) is 5.65 Å². The fourth-order valence-corrected chi connectivity index (χ4v) is 5.64. The first kappa shape index (κ1) is 36.3. The number of hydrogen-bond acceptors (Lipinski definition) is 9. The molecular formula is C32H37F4N7O4S. The van der Waals surface area contributed by atoms with Gasteiger partial charge < -0.3 is 25.6 Å². The normalized spacial score (nSPS) is 16.9. The first-order valence-corrected chi connectivity index (χ1v) is 16.7. The van der Waals surface area contributed by atoms with Crippen molar-refractivity contribution in [2.75, 3.05) is 76.6 Å². The number of sulfone groups is 1. The van der Waals surface area contributed by atoms with Gasteiger partial charge in [-0.15, -0.1) is 0 Å². The van der Waals surface area contributed by atoms with Crippen LogP contribution in [0.3, 0.4) is 0 Å². The Bertz CT molecular complexity index is 1890. The number of nitrogens with zero attached hydrogens (tertiary/aromatic N) is 4. The first-order valence-electron chi connectivity index (χ1n) is 14.8. The summed E-state index contributed by atoms with van der Waals surface area (Å²) in [5, 5.41) is 8.68. The summed E-state index contributed by atoms with van der Waals surface area (Å²) in [6.45, 7) is 1.04. The highest BCUT2D eigenvalue weighted by atomic mass is 32.2. The van der Waals surface area contributed by atoms with Crippen molar-refractivity contribution < 1.29 is 35.5 Å². The van der Waals surface area contributed by atoms with Crippen LogP contribution in [0, 0.1) is 23.7 Å². The number of anilines is 3. The number of fused-ring (bicyclic) bond motifs is 1. The number of piperidine rings is 1. The lowest BCUT2D eigenvalue weighted by molar-refractivity contribution is -0.128. The van der Waals surface area contributed by atoms with E-state index < -0.39 is 40.6 Å². The maximum atomic E-state index is 15.0. The molecule has 4 rings (SSSR count). The van der Waals surface area contributed by atoms with Crippen LogP contribution in [-0.2, 0) is 21.1 Å². The van der Waals surface area contributed by atoms with Gasteiger partial charge in [0, 0.05) is 31.6 Å². The van der Waals surface area contributed by atoms with Gasteiger partial charge in [0.25, 0.3) is 5.91 Å². The molecule has 1 fully saturated rings. The zero-order valence-electron chi connectivity index (χ0n) is 27.1. The third-order valence-electron chi connectivity index (χ3n) is 7.30. The van der Waals surface area contributed by atoms with Crippen LogP contribution in [0.2, 0.25) is 0 Å². The van der Waals surface area contributed by atoms with E-state index in [-0.39, 0.29) is 52.1 Å². The summed E-state index contributed by atoms with van der Waals surface area (Å²) >= 11 is 0. The number of likely N-dealkylation sites (tertiary alicyclic amines) is 1. The van der Waals surface area contributed by atoms with E-state index in [4.69, 9.17) is 4.74 Å². The Balaban J connectivity index is 1.73. The molecule has 0 bridgehead atoms. The molecule has 1 aromatic carbocycles. The average Bonchev–Trinajstić information content (AvgIpc) is 3.31. The van der Waals surface area contributed by atoms with E-state index in [2.05, 4.69) is 44.6 Å². The summed E-state index contributed by atoms with van der Waals surface area (Å²) in [6.07, 6.45) is -4.49. The van der Waals surface area contributed by atoms with Crippen molar-refractivity contribution in [3.63, 3.8) is 0 Å². The Morgan fingerprint density at radius 1 is 1.19 bits per heavy atom. The number of hydrogen-bond donors (Lipinski definition) is 3. The molecule has 16 heteroatoms. The van der Waals surface area contributed by atoms with Gasteiger partial charge in [-0.25, -0.2) is 17.8 Å². The highest BCUT2D eigenvalue weighted by molar-refractivity contribution is 7.90. The molecule has 3 heterocycles. The summed E-state index contributed by atoms with van der Waals surface area (Å²) in [7, 11) is 3.26. The van der Waals surface area contributed by atoms with Gasteiger partial charge in [-0.1, -0.05) is 11.8 Å². The lowest BCUT2D eigenvalue weighted by Crippen LogP contribution is -2.46. The maximum absolute atomic E-state index is 15.0. The van der Waals surface area contributed by atoms with Crippen LogP contribution in [0.4, 0.5) is 34.6 Å². The quantitative estimate of drug-likeness (QED) is 0.230. The van der Waals surface area contributed by atoms with Crippen molar-refractivity contribution in [2.24, 2.45) is 0 Å². The van der Waals surface area contributed by atoms with Gasteiger partial charge in [0.1, 0.15) is 17.6 Å². The van der Waals surface area contributed by atoms with Crippen LogP contribution in [-0.4, -0.2) is 113 Å². The van der Waals surface area contributed by atoms with E-state index in [0.29, 0.717) is 25.2 Å². The second-order valence-electron chi connectivity index (χ2n) is 11.6. The van der Waals surface area contributed by atoms with Crippen molar-refractivity contribution in [1.82, 2.24) is 19.2 Å². The number of imidazole rings is 1. The number of rotatable bonds is 9. The Morgan fingerprint density at radius 2 is 1.94 bits per heavy atom. The number of pyridine rings is 1. The molecule has 0 aliphatic carbocycles. The second-order valence-corrected chi connectivity index (χ2v) is 13.7. The average molecular weight is 692 g/mol. The molecule has 0 spiro atoms. The van der Waals surface area contributed by atoms with E-state index in [9.17, 15) is 26.4 Å². The zero-order chi connectivity index (χ0) is 35.2. The van der Waals surface area contributed by atoms with Crippen LogP contribution in [0.5, 0.6) is 5.75 Å². The number of nitrogens with one attached hydrogen (secondary N) is 3. The predicted molar refractivity (Wildman–Crippen MR) is 176 cm³/mol. The molecule has 258 valence electrons. The van der Waals surface area contributed by atoms with Gasteiger partial charge in [-0.3, -0.25) is 14.1 Å². The number of benzene rings is 1. The molecule has 1 aliphatic heterocycles. The molecule has 11 nitrogen and oxygen atoms in total. The van der Waals surface area contributed by atoms with Gasteiger partial charge in [-0.2, -0.15) is 13.2 Å². The fourth-order valence-electron chi connectivity index (χ4n) is 5.00. The Hall–Kier alpha value is -4.51. The number of ether oxygens (including phenoxy) is 1. The topological polar surface area (TPSA) is 120 Å². The molecular weight excluding hydrogens is 654 g/mol. The summed E-state index contributed by atoms with van der Waals surface area (Å²) in [6, 6.07) is 5.07. The van der Waals surface area contributed by atoms with Gasteiger partial charge in [0.05, 0.1) is 60.3 Å². The molecule has 2 aromatic heterocycles. The standard InChI is InChI=1S/C32H37F4N7O4S/c1-41(2)14-7-9-30(44)38-21-16-27(39-24-12-15-42(3)20-23(24)33)31-40-25(28(43(31)19-21)18-32(34,35)36)8-6-13-37-26-11-10-22(48(5,45)46)17-29(26)47-4/h10-11,16-17,19,23-24,37,39H,12-15,18,20H2,1-5H3,(H,38,44)/t23-,24+/m0/s1. The van der Waals surface area contributed by atoms with E-state index in [1.165, 1.54) is 42.0 Å². The number of methoxy groups -OCH3 is 1. The number of aromatic nitrogens is 2. The molecule has 0 saturated carbocycles. The summed E-state index contributed by atoms with van der Waals surface area (Å²) < 4.78 is 87.0. The van der Waals surface area contributed by atoms with Crippen LogP contribution in [0.15, 0.2) is 35.4 Å². The molecule has 48 heavy (non-hydrogen) atoms. The molecule has 1 aliphatic rings. The Kier molecular flexibility index (Phi) is 11.5. The largest absolute Gasteiger partial charge is 0.495 e. The first-order chi connectivity index (χ1) is 22.5. The number of alkyl halides is 4. The van der Waals surface area contributed by atoms with Gasteiger partial charge in [-0.05, 0) is 57.6 Å². The maximum Gasteiger partial charge on any atom is 0.394 e. The Labute approximate surface area is 276 Å². The van der Waals surface area contributed by atoms with Crippen molar-refractivity contribution in [1.29, 1.82) is 0 Å². The third kappa shape index (κ3) is 9.76. The molecule has 0 radical (unpaired) electrons. The minimum Gasteiger partial charge on any atom is -0.495 e. The smallest absolute Gasteiger partial charge is 0.394 e. The van der Waals surface area contributed by atoms with Crippen molar-refractivity contribution >= 4 is 38.5 Å². The SMILES string of the molecule is COc1cc(S(C)(=O)=O)ccc1NCC#Cc1nc2c(N[C@@H]3CCN(C)C[C@@H]3F)cc(NC(=O)C#CCN(C)C)cn2c1CC(F)(F)F. The highest BCUT2D eigenvalue weighted by Gasteiger charge is 2.33. The molecule has 0 unspecified atom stereocenters. The van der Waals surface area contributed by atoms with E-state index in [0.717, 1.165) is 6.26 Å². The highest BCUT2D eigenvalue weighted by Crippen LogP contribution is 2.31. The van der Waals surface area contributed by atoms with E-state index in [1.807, 2.05) is 4.90 Å². The van der Waals surface area contributed by atoms with Crippen molar-refractivity contribution in [3.8, 4) is 29.4 Å². The zero-order valence-corrected chi connectivity index (χ0v) is 27.9. The second kappa shape index (κ2) is 15.1. The van der Waals surface area contributed by atoms with Crippen LogP contribution >= 0.6 is 0 Å². The number of carbonyl (C=O) groups is 1. The van der Waals surface area contributed by atoms with E-state index >= 15 is 4.39 Å². The van der Waals surface area contributed by atoms with Crippen molar-refractivity contribution in [3.05, 3.63) is 41.9 Å². The van der Waals surface area contributed by atoms with Gasteiger partial charge in [0.2, 0.25) is 0 Å². The van der Waals surface area contributed by atoms with Gasteiger partial charge >= 0.3 is 6.18 Å². The molecule has 1 saturated heterocycles. The van der Waals surface area contributed by atoms with Crippen LogP contribution < -0.4 is 20.7 Å². The minimum absolute atomic E-state index is 0.0505. The van der Waals surface area contributed by atoms with Gasteiger partial charge in [0.15, 0.2) is 15.5 Å². The van der Waals surface area contributed by atoms with Crippen molar-refractivity contribution in [2.45, 2.75) is 36.1 Å². The molecule has 1 amide bonds. The summed E-state index contributed by atoms with van der Waals surface area (Å²) in [5.41, 5.74) is 0.404. The van der Waals surface area contributed by atoms with E-state index in [1.54, 1.807) is 26.0 Å². The summed E-state index contributed by atoms with van der Waals surface area (Å²) in [5.74, 6) is 10.2. The third-order valence-corrected chi connectivity index (χ3v) is 8.41. The summed E-state index contributed by atoms with van der Waals surface area (Å²) in [4.78, 5) is 20.7. The minimum atomic E-state index is -4.64. The van der Waals surface area contributed by atoms with Crippen LogP contribution in [0.1, 0.15) is 17.8 Å². The number of halogens is 4. The molecule has 3 N–H and O–H groups in total. The number of amides is 1. The number of carbonyl (C=O) groups excluding carboxylic acids is 1.